The number of hydrogen-bond donors (Lipinski definition) is 3. The van der Waals surface area contributed by atoms with Crippen molar-refractivity contribution in [2.24, 2.45) is 0 Å². The van der Waals surface area contributed by atoms with Gasteiger partial charge in [0.1, 0.15) is 17.2 Å². The molecule has 0 atom stereocenters. The minimum Gasteiger partial charge on any atom is -0.508 e. The Bertz CT molecular complexity index is 1350. The quantitative estimate of drug-likeness (QED) is 0.244. The van der Waals surface area contributed by atoms with Crippen LogP contribution in [0.2, 0.25) is 0 Å². The Hall–Kier alpha value is -2.98. The fourth-order valence-electron chi connectivity index (χ4n) is 7.33. The zero-order valence-electron chi connectivity index (χ0n) is 34.4. The summed E-state index contributed by atoms with van der Waals surface area (Å²) in [5.41, 5.74) is 9.47. The summed E-state index contributed by atoms with van der Waals surface area (Å²) in [6.45, 7) is 42.1. The number of nitrogens with zero attached hydrogens (tertiary/aromatic N) is 1. The Labute approximate surface area is 300 Å². The molecule has 0 amide bonds. The second-order valence-electron chi connectivity index (χ2n) is 20.7. The molecule has 3 rings (SSSR count). The summed E-state index contributed by atoms with van der Waals surface area (Å²) in [7, 11) is 0. The van der Waals surface area contributed by atoms with Crippen LogP contribution in [0.1, 0.15) is 175 Å². The first-order valence-electron chi connectivity index (χ1n) is 18.1. The minimum atomic E-state index is -0.197. The number of rotatable bonds is 6. The number of phenols is 3. The summed E-state index contributed by atoms with van der Waals surface area (Å²) >= 11 is 0. The molecule has 272 valence electrons. The second-order valence-corrected chi connectivity index (χ2v) is 20.7. The van der Waals surface area contributed by atoms with E-state index >= 15 is 0 Å². The summed E-state index contributed by atoms with van der Waals surface area (Å²) < 4.78 is 0. The van der Waals surface area contributed by atoms with Gasteiger partial charge in [-0.05, 0) is 119 Å². The van der Waals surface area contributed by atoms with Gasteiger partial charge in [-0.2, -0.15) is 0 Å². The van der Waals surface area contributed by atoms with E-state index in [0.717, 1.165) is 33.4 Å². The van der Waals surface area contributed by atoms with Crippen molar-refractivity contribution < 1.29 is 15.3 Å². The molecular weight excluding hydrogens is 602 g/mol. The molecule has 0 radical (unpaired) electrons. The smallest absolute Gasteiger partial charge is 0.116 e. The molecule has 3 aromatic carbocycles. The molecule has 0 saturated heterocycles. The first-order valence-corrected chi connectivity index (χ1v) is 18.1. The van der Waals surface area contributed by atoms with Gasteiger partial charge in [0.25, 0.3) is 0 Å². The van der Waals surface area contributed by atoms with E-state index in [4.69, 9.17) is 0 Å². The SMILES string of the molecule is CC(C)(C)c1cc(O)cc(C(C)(C)C)c1CN(Cc1c(C(C)(C)C)cc(O)cc1C(C)(C)C)Cc1c(C(C)(C)C)cc(O)cc1C(C)(C)C. The van der Waals surface area contributed by atoms with Gasteiger partial charge in [-0.15, -0.1) is 0 Å². The van der Waals surface area contributed by atoms with E-state index in [9.17, 15) is 15.3 Å². The lowest BCUT2D eigenvalue weighted by Crippen LogP contribution is -2.32. The van der Waals surface area contributed by atoms with Crippen LogP contribution in [0.4, 0.5) is 0 Å². The second kappa shape index (κ2) is 13.3. The van der Waals surface area contributed by atoms with Crippen LogP contribution in [-0.2, 0) is 52.1 Å². The average molecular weight is 672 g/mol. The molecule has 0 heterocycles. The monoisotopic (exact) mass is 672 g/mol. The van der Waals surface area contributed by atoms with Gasteiger partial charge in [0.2, 0.25) is 0 Å². The van der Waals surface area contributed by atoms with Crippen molar-refractivity contribution in [1.82, 2.24) is 4.90 Å². The van der Waals surface area contributed by atoms with E-state index in [1.165, 1.54) is 16.7 Å². The summed E-state index contributed by atoms with van der Waals surface area (Å²) in [4.78, 5) is 2.57. The highest BCUT2D eigenvalue weighted by Gasteiger charge is 2.33. The number of phenolic OH excluding ortho intramolecular Hbond substituents is 3. The van der Waals surface area contributed by atoms with Crippen molar-refractivity contribution in [2.75, 3.05) is 0 Å². The van der Waals surface area contributed by atoms with Crippen LogP contribution in [0.5, 0.6) is 17.2 Å². The van der Waals surface area contributed by atoms with Crippen LogP contribution in [-0.4, -0.2) is 20.2 Å². The molecule has 0 aliphatic heterocycles. The van der Waals surface area contributed by atoms with Gasteiger partial charge in [-0.3, -0.25) is 4.90 Å². The highest BCUT2D eigenvalue weighted by Crippen LogP contribution is 2.43. The largest absolute Gasteiger partial charge is 0.508 e. The molecule has 0 unspecified atom stereocenters. The van der Waals surface area contributed by atoms with Gasteiger partial charge < -0.3 is 15.3 Å². The molecule has 0 saturated carbocycles. The van der Waals surface area contributed by atoms with E-state index in [1.807, 2.05) is 36.4 Å². The van der Waals surface area contributed by atoms with Crippen molar-refractivity contribution in [3.63, 3.8) is 0 Å². The van der Waals surface area contributed by atoms with Crippen molar-refractivity contribution >= 4 is 0 Å². The molecule has 4 heteroatoms. The summed E-state index contributed by atoms with van der Waals surface area (Å²) in [5.74, 6) is 0.909. The fourth-order valence-corrected chi connectivity index (χ4v) is 7.33. The number of benzene rings is 3. The third-order valence-corrected chi connectivity index (χ3v) is 9.70. The average Bonchev–Trinajstić information content (AvgIpc) is 2.87. The third kappa shape index (κ3) is 9.63. The maximum Gasteiger partial charge on any atom is 0.116 e. The Morgan fingerprint density at radius 2 is 0.469 bits per heavy atom. The lowest BCUT2D eigenvalue weighted by atomic mass is 9.74. The van der Waals surface area contributed by atoms with Crippen LogP contribution in [0.25, 0.3) is 0 Å². The molecule has 0 fully saturated rings. The Balaban J connectivity index is 2.51. The van der Waals surface area contributed by atoms with Crippen LogP contribution in [0, 0.1) is 0 Å². The highest BCUT2D eigenvalue weighted by atomic mass is 16.3. The summed E-state index contributed by atoms with van der Waals surface area (Å²) in [6, 6.07) is 11.8. The Morgan fingerprint density at radius 3 is 0.592 bits per heavy atom. The standard InChI is InChI=1S/C45H69NO3/c1-40(2,3)34-19-28(47)20-35(41(4,5)6)31(34)25-46(26-32-36(42(7,8)9)21-29(48)22-37(32)43(10,11)12)27-33-38(44(13,14)15)23-30(49)24-39(33)45(16,17)18/h19-24,47-49H,25-27H2,1-18H3. The molecule has 0 bridgehead atoms. The molecule has 0 spiro atoms. The van der Waals surface area contributed by atoms with Gasteiger partial charge in [-0.1, -0.05) is 125 Å². The maximum absolute atomic E-state index is 11.0. The first-order chi connectivity index (χ1) is 21.8. The van der Waals surface area contributed by atoms with Crippen molar-refractivity contribution in [3.05, 3.63) is 86.5 Å². The summed E-state index contributed by atoms with van der Waals surface area (Å²) in [5, 5.41) is 33.1. The molecule has 0 aliphatic rings. The zero-order chi connectivity index (χ0) is 37.9. The maximum atomic E-state index is 11.0. The van der Waals surface area contributed by atoms with Crippen molar-refractivity contribution in [1.29, 1.82) is 0 Å². The lowest BCUT2D eigenvalue weighted by molar-refractivity contribution is 0.236. The zero-order valence-corrected chi connectivity index (χ0v) is 34.4. The number of hydrogen-bond acceptors (Lipinski definition) is 4. The normalized spacial score (nSPS) is 13.8. The molecule has 3 N–H and O–H groups in total. The van der Waals surface area contributed by atoms with E-state index in [0.29, 0.717) is 36.9 Å². The third-order valence-electron chi connectivity index (χ3n) is 9.70. The highest BCUT2D eigenvalue weighted by molar-refractivity contribution is 5.51. The van der Waals surface area contributed by atoms with Crippen LogP contribution < -0.4 is 0 Å². The first kappa shape index (κ1) is 40.4. The molecule has 4 nitrogen and oxygen atoms in total. The van der Waals surface area contributed by atoms with E-state index in [1.54, 1.807) is 0 Å². The van der Waals surface area contributed by atoms with Crippen LogP contribution >= 0.6 is 0 Å². The topological polar surface area (TPSA) is 63.9 Å². The van der Waals surface area contributed by atoms with Crippen molar-refractivity contribution in [3.8, 4) is 17.2 Å². The lowest BCUT2D eigenvalue weighted by Gasteiger charge is -2.38. The fraction of sp³-hybridized carbons (Fsp3) is 0.600. The van der Waals surface area contributed by atoms with Gasteiger partial charge in [-0.25, -0.2) is 0 Å². The predicted octanol–water partition coefficient (Wildman–Crippen LogP) is 11.8. The molecule has 3 aromatic rings. The molecule has 0 aromatic heterocycles. The van der Waals surface area contributed by atoms with E-state index < -0.39 is 0 Å². The van der Waals surface area contributed by atoms with E-state index in [2.05, 4.69) is 130 Å². The minimum absolute atomic E-state index is 0.197. The molecular formula is C45H69NO3. The Morgan fingerprint density at radius 1 is 0.327 bits per heavy atom. The van der Waals surface area contributed by atoms with Gasteiger partial charge in [0.15, 0.2) is 0 Å². The molecule has 0 aliphatic carbocycles. The number of aromatic hydroxyl groups is 3. The predicted molar refractivity (Wildman–Crippen MR) is 209 cm³/mol. The van der Waals surface area contributed by atoms with Crippen LogP contribution in [0.3, 0.4) is 0 Å². The van der Waals surface area contributed by atoms with Crippen molar-refractivity contribution in [2.45, 2.75) is 177 Å². The Kier molecular flexibility index (Phi) is 11.0. The van der Waals surface area contributed by atoms with Gasteiger partial charge in [0, 0.05) is 19.6 Å². The van der Waals surface area contributed by atoms with Gasteiger partial charge in [0.05, 0.1) is 0 Å². The van der Waals surface area contributed by atoms with Crippen LogP contribution in [0.15, 0.2) is 36.4 Å². The van der Waals surface area contributed by atoms with E-state index in [-0.39, 0.29) is 32.5 Å². The molecule has 49 heavy (non-hydrogen) atoms. The van der Waals surface area contributed by atoms with Gasteiger partial charge >= 0.3 is 0 Å². The summed E-state index contributed by atoms with van der Waals surface area (Å²) in [6.07, 6.45) is 0.